The highest BCUT2D eigenvalue weighted by atomic mass is 35.5. The van der Waals surface area contributed by atoms with Gasteiger partial charge < -0.3 is 9.64 Å². The van der Waals surface area contributed by atoms with Gasteiger partial charge in [0.2, 0.25) is 0 Å². The molecule has 1 N–H and O–H groups in total. The van der Waals surface area contributed by atoms with Crippen LogP contribution in [0.2, 0.25) is 0 Å². The predicted molar refractivity (Wildman–Crippen MR) is 103 cm³/mol. The van der Waals surface area contributed by atoms with Crippen molar-refractivity contribution in [2.24, 2.45) is 7.05 Å². The molecule has 2 fully saturated rings. The number of H-pyrrole nitrogens is 1. The van der Waals surface area contributed by atoms with Crippen LogP contribution < -0.4 is 4.90 Å². The molecule has 1 aliphatic heterocycles. The van der Waals surface area contributed by atoms with Gasteiger partial charge in [0.1, 0.15) is 17.0 Å². The molecule has 7 nitrogen and oxygen atoms in total. The monoisotopic (exact) mass is 374 g/mol. The fourth-order valence-electron chi connectivity index (χ4n) is 3.79. The minimum Gasteiger partial charge on any atom is -0.377 e. The van der Waals surface area contributed by atoms with E-state index in [-0.39, 0.29) is 12.4 Å². The van der Waals surface area contributed by atoms with Gasteiger partial charge in [-0.1, -0.05) is 0 Å². The summed E-state index contributed by atoms with van der Waals surface area (Å²) in [7, 11) is 2.01. The molecule has 0 spiro atoms. The minimum atomic E-state index is 0. The van der Waals surface area contributed by atoms with E-state index in [0.29, 0.717) is 12.0 Å². The summed E-state index contributed by atoms with van der Waals surface area (Å²) < 4.78 is 7.57. The van der Waals surface area contributed by atoms with E-state index in [1.165, 1.54) is 18.4 Å². The van der Waals surface area contributed by atoms with Crippen LogP contribution in [0.4, 0.5) is 5.82 Å². The van der Waals surface area contributed by atoms with E-state index in [4.69, 9.17) is 14.8 Å². The van der Waals surface area contributed by atoms with Gasteiger partial charge in [-0.25, -0.2) is 4.98 Å². The summed E-state index contributed by atoms with van der Waals surface area (Å²) in [6.07, 6.45) is 4.26. The van der Waals surface area contributed by atoms with Crippen LogP contribution in [0.5, 0.6) is 0 Å². The molecule has 1 atom stereocenters. The van der Waals surface area contributed by atoms with Crippen LogP contribution in [0.15, 0.2) is 18.3 Å². The number of halogens is 1. The van der Waals surface area contributed by atoms with Crippen molar-refractivity contribution in [1.29, 1.82) is 0 Å². The summed E-state index contributed by atoms with van der Waals surface area (Å²) in [6.45, 7) is 4.58. The highest BCUT2D eigenvalue weighted by molar-refractivity contribution is 5.92. The topological polar surface area (TPSA) is 71.9 Å². The van der Waals surface area contributed by atoms with Crippen LogP contribution in [0.25, 0.3) is 22.4 Å². The van der Waals surface area contributed by atoms with Gasteiger partial charge in [-0.05, 0) is 43.4 Å². The number of aromatic amines is 1. The van der Waals surface area contributed by atoms with Crippen molar-refractivity contribution >= 4 is 29.3 Å². The summed E-state index contributed by atoms with van der Waals surface area (Å²) in [5.74, 6) is 1.67. The van der Waals surface area contributed by atoms with Crippen molar-refractivity contribution < 1.29 is 4.74 Å². The molecule has 3 aromatic heterocycles. The van der Waals surface area contributed by atoms with Gasteiger partial charge in [-0.2, -0.15) is 10.2 Å². The first-order chi connectivity index (χ1) is 12.2. The molecule has 4 heterocycles. The third kappa shape index (κ3) is 2.75. The molecule has 0 amide bonds. The number of nitrogens with one attached hydrogen (secondary N) is 1. The standard InChI is InChI=1S/C18H22N6O.ClH/c1-11-10-25-8-7-24(11)15-9-13(12-3-4-12)18-17(20-15)16(22-23(18)2)14-5-6-19-21-14;/h5-6,9,11-12H,3-4,7-8,10H2,1-2H3,(H,19,21);1H/t11-;/m1./s1. The summed E-state index contributed by atoms with van der Waals surface area (Å²) in [5, 5.41) is 11.9. The van der Waals surface area contributed by atoms with Crippen molar-refractivity contribution in [2.45, 2.75) is 31.7 Å². The minimum absolute atomic E-state index is 0. The Labute approximate surface area is 158 Å². The van der Waals surface area contributed by atoms with Gasteiger partial charge in [0, 0.05) is 19.8 Å². The molecule has 1 saturated carbocycles. The first-order valence-corrected chi connectivity index (χ1v) is 8.94. The summed E-state index contributed by atoms with van der Waals surface area (Å²) in [5.41, 5.74) is 5.27. The van der Waals surface area contributed by atoms with Crippen molar-refractivity contribution in [3.05, 3.63) is 23.9 Å². The van der Waals surface area contributed by atoms with E-state index in [0.717, 1.165) is 48.0 Å². The van der Waals surface area contributed by atoms with Crippen molar-refractivity contribution in [3.63, 3.8) is 0 Å². The fourth-order valence-corrected chi connectivity index (χ4v) is 3.79. The molecule has 3 aromatic rings. The van der Waals surface area contributed by atoms with E-state index < -0.39 is 0 Å². The number of hydrogen-bond acceptors (Lipinski definition) is 5. The Kier molecular flexibility index (Phi) is 4.36. The number of aryl methyl sites for hydroxylation is 1. The molecule has 1 aliphatic carbocycles. The zero-order chi connectivity index (χ0) is 17.0. The third-order valence-corrected chi connectivity index (χ3v) is 5.24. The molecule has 0 aromatic carbocycles. The Bertz CT molecular complexity index is 918. The summed E-state index contributed by atoms with van der Waals surface area (Å²) >= 11 is 0. The number of morpholine rings is 1. The zero-order valence-electron chi connectivity index (χ0n) is 15.0. The SMILES string of the molecule is C[C@@H]1COCCN1c1cc(C2CC2)c2c(n1)c(-c1ccn[nH]1)nn2C.Cl. The van der Waals surface area contributed by atoms with Gasteiger partial charge in [-0.15, -0.1) is 12.4 Å². The van der Waals surface area contributed by atoms with Crippen LogP contribution in [0, 0.1) is 0 Å². The molecule has 138 valence electrons. The predicted octanol–water partition coefficient (Wildman–Crippen LogP) is 2.88. The first-order valence-electron chi connectivity index (χ1n) is 8.94. The van der Waals surface area contributed by atoms with Crippen molar-refractivity contribution in [2.75, 3.05) is 24.7 Å². The number of rotatable bonds is 3. The van der Waals surface area contributed by atoms with Gasteiger partial charge in [0.05, 0.1) is 30.5 Å². The van der Waals surface area contributed by atoms with Crippen molar-refractivity contribution in [3.8, 4) is 11.4 Å². The van der Waals surface area contributed by atoms with E-state index in [2.05, 4.69) is 28.1 Å². The normalized spacial score (nSPS) is 20.4. The molecule has 1 saturated heterocycles. The maximum absolute atomic E-state index is 5.60. The number of aromatic nitrogens is 5. The Morgan fingerprint density at radius 2 is 2.15 bits per heavy atom. The van der Waals surface area contributed by atoms with Crippen molar-refractivity contribution in [1.82, 2.24) is 25.0 Å². The summed E-state index contributed by atoms with van der Waals surface area (Å²) in [4.78, 5) is 7.40. The Hall–Kier alpha value is -2.12. The van der Waals surface area contributed by atoms with E-state index in [1.807, 2.05) is 17.8 Å². The largest absolute Gasteiger partial charge is 0.377 e. The second-order valence-corrected chi connectivity index (χ2v) is 7.10. The highest BCUT2D eigenvalue weighted by Gasteiger charge is 2.31. The van der Waals surface area contributed by atoms with Crippen LogP contribution in [-0.4, -0.2) is 50.8 Å². The Morgan fingerprint density at radius 1 is 1.31 bits per heavy atom. The van der Waals surface area contributed by atoms with Gasteiger partial charge in [-0.3, -0.25) is 9.78 Å². The number of pyridine rings is 1. The lowest BCUT2D eigenvalue weighted by Crippen LogP contribution is -2.44. The molecule has 5 rings (SSSR count). The molecule has 26 heavy (non-hydrogen) atoms. The molecule has 0 unspecified atom stereocenters. The molecule has 8 heteroatoms. The number of ether oxygens (including phenoxy) is 1. The number of hydrogen-bond donors (Lipinski definition) is 1. The zero-order valence-corrected chi connectivity index (χ0v) is 15.8. The van der Waals surface area contributed by atoms with Crippen LogP contribution in [0.3, 0.4) is 0 Å². The molecule has 0 bridgehead atoms. The molecular weight excluding hydrogens is 352 g/mol. The van der Waals surface area contributed by atoms with Crippen LogP contribution in [-0.2, 0) is 11.8 Å². The lowest BCUT2D eigenvalue weighted by Gasteiger charge is -2.34. The van der Waals surface area contributed by atoms with Gasteiger partial charge in [0.25, 0.3) is 0 Å². The van der Waals surface area contributed by atoms with E-state index >= 15 is 0 Å². The second-order valence-electron chi connectivity index (χ2n) is 7.10. The number of anilines is 1. The second kappa shape index (κ2) is 6.55. The van der Waals surface area contributed by atoms with Crippen LogP contribution >= 0.6 is 12.4 Å². The number of fused-ring (bicyclic) bond motifs is 1. The molecule has 0 radical (unpaired) electrons. The average molecular weight is 375 g/mol. The van der Waals surface area contributed by atoms with E-state index in [9.17, 15) is 0 Å². The fraction of sp³-hybridized carbons (Fsp3) is 0.500. The quantitative estimate of drug-likeness (QED) is 0.763. The number of nitrogens with zero attached hydrogens (tertiary/aromatic N) is 5. The average Bonchev–Trinajstić information content (AvgIpc) is 3.22. The highest BCUT2D eigenvalue weighted by Crippen LogP contribution is 2.45. The van der Waals surface area contributed by atoms with Crippen LogP contribution in [0.1, 0.15) is 31.2 Å². The smallest absolute Gasteiger partial charge is 0.136 e. The maximum Gasteiger partial charge on any atom is 0.136 e. The lowest BCUT2D eigenvalue weighted by molar-refractivity contribution is 0.0985. The lowest BCUT2D eigenvalue weighted by atomic mass is 10.1. The molecular formula is C18H23ClN6O. The Morgan fingerprint density at radius 3 is 2.85 bits per heavy atom. The first kappa shape index (κ1) is 17.3. The van der Waals surface area contributed by atoms with Gasteiger partial charge in [0.15, 0.2) is 0 Å². The Balaban J connectivity index is 0.00000168. The van der Waals surface area contributed by atoms with E-state index in [1.54, 1.807) is 6.20 Å². The maximum atomic E-state index is 5.60. The third-order valence-electron chi connectivity index (χ3n) is 5.24. The molecule has 2 aliphatic rings. The van der Waals surface area contributed by atoms with Gasteiger partial charge >= 0.3 is 0 Å². The summed E-state index contributed by atoms with van der Waals surface area (Å²) in [6, 6.07) is 4.56.